The molecule has 0 saturated carbocycles. The van der Waals surface area contributed by atoms with Crippen LogP contribution >= 0.6 is 15.9 Å². The van der Waals surface area contributed by atoms with E-state index in [4.69, 9.17) is 9.16 Å². The summed E-state index contributed by atoms with van der Waals surface area (Å²) in [5.74, 6) is 1.16. The molecular formula is C26H34BrN3O2Si. The summed E-state index contributed by atoms with van der Waals surface area (Å²) in [6, 6.07) is 21.7. The summed E-state index contributed by atoms with van der Waals surface area (Å²) >= 11 is 3.42. The molecule has 33 heavy (non-hydrogen) atoms. The number of aromatic nitrogens is 2. The van der Waals surface area contributed by atoms with Crippen molar-refractivity contribution < 1.29 is 9.16 Å². The highest BCUT2D eigenvalue weighted by atomic mass is 79.9. The lowest BCUT2D eigenvalue weighted by molar-refractivity contribution is 0.281. The topological polar surface area (TPSA) is 47.5 Å². The van der Waals surface area contributed by atoms with Crippen molar-refractivity contribution in [3.63, 3.8) is 0 Å². The molecule has 0 saturated heterocycles. The fourth-order valence-electron chi connectivity index (χ4n) is 4.19. The first-order valence-electron chi connectivity index (χ1n) is 11.2. The number of hydrogen-bond donors (Lipinski definition) is 0. The number of benzene rings is 2. The zero-order valence-electron chi connectivity index (χ0n) is 20.4. The molecule has 0 amide bonds. The van der Waals surface area contributed by atoms with Crippen LogP contribution in [0.15, 0.2) is 71.3 Å². The van der Waals surface area contributed by atoms with Crippen molar-refractivity contribution in [1.29, 1.82) is 0 Å². The van der Waals surface area contributed by atoms with Crippen LogP contribution < -0.4 is 20.0 Å². The van der Waals surface area contributed by atoms with E-state index in [1.165, 1.54) is 10.4 Å². The third kappa shape index (κ3) is 5.48. The molecule has 0 fully saturated rings. The summed E-state index contributed by atoms with van der Waals surface area (Å²) < 4.78 is 13.1. The first-order chi connectivity index (χ1) is 15.7. The van der Waals surface area contributed by atoms with Crippen molar-refractivity contribution in [1.82, 2.24) is 9.97 Å². The zero-order valence-corrected chi connectivity index (χ0v) is 23.0. The molecule has 0 aliphatic carbocycles. The lowest BCUT2D eigenvalue weighted by atomic mass is 10.2. The summed E-state index contributed by atoms with van der Waals surface area (Å²) in [4.78, 5) is 11.0. The Bertz CT molecular complexity index is 989. The number of rotatable bonds is 9. The largest absolute Gasteiger partial charge is 0.480 e. The van der Waals surface area contributed by atoms with E-state index in [1.54, 1.807) is 13.3 Å². The molecule has 3 aromatic rings. The van der Waals surface area contributed by atoms with Gasteiger partial charge in [0.05, 0.1) is 17.8 Å². The molecule has 176 valence electrons. The molecule has 0 radical (unpaired) electrons. The molecule has 2 aromatic carbocycles. The number of methoxy groups -OCH3 is 1. The maximum absolute atomic E-state index is 7.03. The van der Waals surface area contributed by atoms with Gasteiger partial charge in [0.1, 0.15) is 0 Å². The minimum Gasteiger partial charge on any atom is -0.480 e. The molecule has 7 heteroatoms. The van der Waals surface area contributed by atoms with Crippen molar-refractivity contribution in [2.45, 2.75) is 45.2 Å². The van der Waals surface area contributed by atoms with E-state index in [1.807, 2.05) is 7.05 Å². The minimum absolute atomic E-state index is 0.0347. The van der Waals surface area contributed by atoms with Crippen LogP contribution in [-0.2, 0) is 4.43 Å². The first-order valence-corrected chi connectivity index (χ1v) is 13.9. The molecule has 0 aliphatic rings. The molecule has 0 spiro atoms. The molecule has 0 N–H and O–H groups in total. The van der Waals surface area contributed by atoms with Crippen LogP contribution in [0.1, 0.15) is 34.1 Å². The predicted molar refractivity (Wildman–Crippen MR) is 142 cm³/mol. The molecule has 1 heterocycles. The minimum atomic E-state index is -2.53. The van der Waals surface area contributed by atoms with E-state index < -0.39 is 8.32 Å². The molecule has 1 aromatic heterocycles. The van der Waals surface area contributed by atoms with Gasteiger partial charge in [-0.2, -0.15) is 4.98 Å². The third-order valence-corrected chi connectivity index (χ3v) is 11.7. The second-order valence-electron chi connectivity index (χ2n) is 9.29. The van der Waals surface area contributed by atoms with Crippen LogP contribution in [0, 0.1) is 0 Å². The van der Waals surface area contributed by atoms with E-state index in [2.05, 4.69) is 119 Å². The lowest BCUT2D eigenvalue weighted by Gasteiger charge is -2.43. The summed E-state index contributed by atoms with van der Waals surface area (Å²) in [6.07, 6.45) is 2.58. The molecular weight excluding hydrogens is 494 g/mol. The van der Waals surface area contributed by atoms with Gasteiger partial charge in [0.25, 0.3) is 8.32 Å². The highest BCUT2D eigenvalue weighted by molar-refractivity contribution is 9.10. The second kappa shape index (κ2) is 10.8. The summed E-state index contributed by atoms with van der Waals surface area (Å²) in [5.41, 5.74) is 0. The van der Waals surface area contributed by atoms with Crippen LogP contribution in [0.5, 0.6) is 5.88 Å². The molecule has 5 nitrogen and oxygen atoms in total. The summed E-state index contributed by atoms with van der Waals surface area (Å²) in [6.45, 7) is 9.73. The second-order valence-corrected chi connectivity index (χ2v) is 14.4. The highest BCUT2D eigenvalue weighted by Crippen LogP contribution is 2.37. The van der Waals surface area contributed by atoms with Gasteiger partial charge in [-0.1, -0.05) is 81.4 Å². The first kappa shape index (κ1) is 25.4. The monoisotopic (exact) mass is 527 g/mol. The number of anilines is 1. The van der Waals surface area contributed by atoms with E-state index in [0.29, 0.717) is 18.4 Å². The number of hydrogen-bond acceptors (Lipinski definition) is 5. The van der Waals surface area contributed by atoms with Gasteiger partial charge in [-0.05, 0) is 44.7 Å². The SMILES string of the molecule is COc1nc(N(C)C(C)CCO[Si](c2ccccc2)(c2ccccc2)C(C)(C)C)ncc1Br. The average Bonchev–Trinajstić information content (AvgIpc) is 2.82. The van der Waals surface area contributed by atoms with E-state index >= 15 is 0 Å². The lowest BCUT2D eigenvalue weighted by Crippen LogP contribution is -2.66. The maximum Gasteiger partial charge on any atom is 0.261 e. The van der Waals surface area contributed by atoms with Crippen molar-refractivity contribution in [2.24, 2.45) is 0 Å². The summed E-state index contributed by atoms with van der Waals surface area (Å²) in [7, 11) is 1.09. The van der Waals surface area contributed by atoms with Crippen LogP contribution in [0.25, 0.3) is 0 Å². The average molecular weight is 529 g/mol. The van der Waals surface area contributed by atoms with Gasteiger partial charge < -0.3 is 14.1 Å². The van der Waals surface area contributed by atoms with Crippen molar-refractivity contribution in [3.8, 4) is 5.88 Å². The Morgan fingerprint density at radius 1 is 1.00 bits per heavy atom. The van der Waals surface area contributed by atoms with Gasteiger partial charge in [-0.15, -0.1) is 0 Å². The quantitative estimate of drug-likeness (QED) is 0.365. The fraction of sp³-hybridized carbons (Fsp3) is 0.385. The summed E-state index contributed by atoms with van der Waals surface area (Å²) in [5, 5.41) is 2.56. The Kier molecular flexibility index (Phi) is 8.32. The van der Waals surface area contributed by atoms with Gasteiger partial charge in [-0.25, -0.2) is 4.98 Å². The van der Waals surface area contributed by atoms with Gasteiger partial charge >= 0.3 is 0 Å². The molecule has 0 bridgehead atoms. The van der Waals surface area contributed by atoms with Crippen molar-refractivity contribution in [3.05, 3.63) is 71.3 Å². The number of halogens is 1. The molecule has 3 rings (SSSR count). The Balaban J connectivity index is 1.84. The maximum atomic E-state index is 7.03. The van der Waals surface area contributed by atoms with Crippen LogP contribution in [0.2, 0.25) is 5.04 Å². The normalized spacial score (nSPS) is 12.9. The van der Waals surface area contributed by atoms with Gasteiger partial charge in [0, 0.05) is 19.7 Å². The Hall–Kier alpha value is -2.22. The van der Waals surface area contributed by atoms with Crippen LogP contribution in [-0.4, -0.2) is 45.1 Å². The van der Waals surface area contributed by atoms with Gasteiger partial charge in [0.2, 0.25) is 11.8 Å². The van der Waals surface area contributed by atoms with Crippen LogP contribution in [0.3, 0.4) is 0 Å². The van der Waals surface area contributed by atoms with E-state index in [-0.39, 0.29) is 11.1 Å². The van der Waals surface area contributed by atoms with Crippen molar-refractivity contribution in [2.75, 3.05) is 25.7 Å². The standard InChI is InChI=1S/C26H34BrN3O2Si/c1-20(30(5)25-28-19-23(27)24(29-25)31-6)17-18-32-33(26(2,3)4,21-13-9-7-10-14-21)22-15-11-8-12-16-22/h7-16,19-20H,17-18H2,1-6H3. The molecule has 0 aliphatic heterocycles. The number of ether oxygens (including phenoxy) is 1. The Morgan fingerprint density at radius 3 is 2.03 bits per heavy atom. The smallest absolute Gasteiger partial charge is 0.261 e. The zero-order chi connectivity index (χ0) is 24.1. The number of nitrogens with zero attached hydrogens (tertiary/aromatic N) is 3. The van der Waals surface area contributed by atoms with Gasteiger partial charge in [0.15, 0.2) is 0 Å². The molecule has 1 unspecified atom stereocenters. The van der Waals surface area contributed by atoms with Crippen LogP contribution in [0.4, 0.5) is 5.95 Å². The predicted octanol–water partition coefficient (Wildman–Crippen LogP) is 5.04. The van der Waals surface area contributed by atoms with Crippen molar-refractivity contribution >= 4 is 40.6 Å². The van der Waals surface area contributed by atoms with E-state index in [9.17, 15) is 0 Å². The Morgan fingerprint density at radius 2 is 1.55 bits per heavy atom. The van der Waals surface area contributed by atoms with Gasteiger partial charge in [-0.3, -0.25) is 0 Å². The third-order valence-electron chi connectivity index (χ3n) is 6.14. The Labute approximate surface area is 207 Å². The molecule has 1 atom stereocenters. The van der Waals surface area contributed by atoms with E-state index in [0.717, 1.165) is 10.9 Å². The fourth-order valence-corrected chi connectivity index (χ4v) is 9.12. The highest BCUT2D eigenvalue weighted by Gasteiger charge is 2.50.